The number of hydrogen-bond donors (Lipinski definition) is 1. The molecule has 4 nitrogen and oxygen atoms in total. The molecular formula is C17H24N2O2. The van der Waals surface area contributed by atoms with Gasteiger partial charge in [-0.2, -0.15) is 0 Å². The Hall–Kier alpha value is -1.55. The first kappa shape index (κ1) is 14.4. The molecule has 2 aliphatic heterocycles. The predicted molar refractivity (Wildman–Crippen MR) is 82.2 cm³/mol. The summed E-state index contributed by atoms with van der Waals surface area (Å²) in [4.78, 5) is 15.0. The number of methoxy groups -OCH3 is 1. The minimum absolute atomic E-state index is 0.0873. The highest BCUT2D eigenvalue weighted by Crippen LogP contribution is 2.39. The monoisotopic (exact) mass is 288 g/mol. The molecule has 21 heavy (non-hydrogen) atoms. The van der Waals surface area contributed by atoms with Crippen LogP contribution in [0, 0.1) is 5.41 Å². The van der Waals surface area contributed by atoms with Crippen LogP contribution in [0.3, 0.4) is 0 Å². The maximum absolute atomic E-state index is 12.9. The number of benzene rings is 1. The second kappa shape index (κ2) is 6.06. The number of hydrogen-bond acceptors (Lipinski definition) is 3. The molecule has 3 rings (SSSR count). The van der Waals surface area contributed by atoms with Crippen LogP contribution in [-0.4, -0.2) is 37.6 Å². The smallest absolute Gasteiger partial charge is 0.229 e. The quantitative estimate of drug-likeness (QED) is 0.927. The fraction of sp³-hybridized carbons (Fsp3) is 0.588. The third kappa shape index (κ3) is 2.91. The Morgan fingerprint density at radius 3 is 2.57 bits per heavy atom. The van der Waals surface area contributed by atoms with E-state index in [4.69, 9.17) is 4.74 Å². The molecule has 2 saturated heterocycles. The standard InChI is InChI=1S/C17H24N2O2/c1-21-15-5-3-14(4-6-15)13-19-12-2-7-17(16(19)20)8-10-18-11-9-17/h3-6,18H,2,7-13H2,1H3. The number of ether oxygens (including phenoxy) is 1. The van der Waals surface area contributed by atoms with E-state index in [2.05, 4.69) is 22.3 Å². The summed E-state index contributed by atoms with van der Waals surface area (Å²) in [6, 6.07) is 8.03. The van der Waals surface area contributed by atoms with Crippen molar-refractivity contribution >= 4 is 5.91 Å². The maximum Gasteiger partial charge on any atom is 0.229 e. The maximum atomic E-state index is 12.9. The van der Waals surface area contributed by atoms with E-state index in [1.807, 2.05) is 12.1 Å². The van der Waals surface area contributed by atoms with Gasteiger partial charge in [0.05, 0.1) is 12.5 Å². The molecular weight excluding hydrogens is 264 g/mol. The zero-order chi connectivity index (χ0) is 14.7. The summed E-state index contributed by atoms with van der Waals surface area (Å²) in [6.07, 6.45) is 4.17. The third-order valence-corrected chi connectivity index (χ3v) is 4.92. The number of amides is 1. The van der Waals surface area contributed by atoms with Crippen LogP contribution in [-0.2, 0) is 11.3 Å². The molecule has 0 saturated carbocycles. The van der Waals surface area contributed by atoms with E-state index in [0.29, 0.717) is 5.91 Å². The van der Waals surface area contributed by atoms with E-state index in [9.17, 15) is 4.79 Å². The minimum Gasteiger partial charge on any atom is -0.497 e. The zero-order valence-corrected chi connectivity index (χ0v) is 12.7. The second-order valence-corrected chi connectivity index (χ2v) is 6.21. The third-order valence-electron chi connectivity index (χ3n) is 4.92. The largest absolute Gasteiger partial charge is 0.497 e. The number of nitrogens with one attached hydrogen (secondary N) is 1. The highest BCUT2D eigenvalue weighted by molar-refractivity contribution is 5.83. The van der Waals surface area contributed by atoms with Crippen molar-refractivity contribution in [2.45, 2.75) is 32.2 Å². The Labute approximate surface area is 126 Å². The Balaban J connectivity index is 1.70. The summed E-state index contributed by atoms with van der Waals surface area (Å²) in [6.45, 7) is 3.56. The van der Waals surface area contributed by atoms with Crippen molar-refractivity contribution < 1.29 is 9.53 Å². The van der Waals surface area contributed by atoms with Gasteiger partial charge in [0, 0.05) is 13.1 Å². The minimum atomic E-state index is -0.0873. The highest BCUT2D eigenvalue weighted by atomic mass is 16.5. The molecule has 0 atom stereocenters. The molecule has 0 unspecified atom stereocenters. The molecule has 2 heterocycles. The molecule has 2 aliphatic rings. The van der Waals surface area contributed by atoms with E-state index >= 15 is 0 Å². The molecule has 1 N–H and O–H groups in total. The molecule has 1 aromatic carbocycles. The van der Waals surface area contributed by atoms with Crippen LogP contribution in [0.1, 0.15) is 31.2 Å². The van der Waals surface area contributed by atoms with E-state index in [-0.39, 0.29) is 5.41 Å². The summed E-state index contributed by atoms with van der Waals surface area (Å²) in [5, 5.41) is 3.37. The molecule has 0 radical (unpaired) electrons. The molecule has 0 bridgehead atoms. The van der Waals surface area contributed by atoms with Crippen LogP contribution in [0.15, 0.2) is 24.3 Å². The number of carbonyl (C=O) groups is 1. The van der Waals surface area contributed by atoms with E-state index in [1.54, 1.807) is 7.11 Å². The van der Waals surface area contributed by atoms with Crippen LogP contribution in [0.25, 0.3) is 0 Å². The van der Waals surface area contributed by atoms with Gasteiger partial charge < -0.3 is 15.0 Å². The summed E-state index contributed by atoms with van der Waals surface area (Å²) >= 11 is 0. The average Bonchev–Trinajstić information content (AvgIpc) is 2.54. The van der Waals surface area contributed by atoms with Crippen LogP contribution in [0.2, 0.25) is 0 Å². The summed E-state index contributed by atoms with van der Waals surface area (Å²) in [7, 11) is 1.67. The Morgan fingerprint density at radius 2 is 1.90 bits per heavy atom. The van der Waals surface area contributed by atoms with Gasteiger partial charge in [0.1, 0.15) is 5.75 Å². The van der Waals surface area contributed by atoms with Crippen LogP contribution < -0.4 is 10.1 Å². The van der Waals surface area contributed by atoms with E-state index in [0.717, 1.165) is 57.6 Å². The van der Waals surface area contributed by atoms with E-state index < -0.39 is 0 Å². The molecule has 0 aromatic heterocycles. The number of rotatable bonds is 3. The van der Waals surface area contributed by atoms with Gasteiger partial charge >= 0.3 is 0 Å². The van der Waals surface area contributed by atoms with Gasteiger partial charge in [-0.3, -0.25) is 4.79 Å². The molecule has 1 spiro atoms. The van der Waals surface area contributed by atoms with Crippen molar-refractivity contribution in [1.29, 1.82) is 0 Å². The molecule has 2 fully saturated rings. The van der Waals surface area contributed by atoms with Crippen LogP contribution in [0.5, 0.6) is 5.75 Å². The number of likely N-dealkylation sites (tertiary alicyclic amines) is 1. The molecule has 114 valence electrons. The lowest BCUT2D eigenvalue weighted by atomic mass is 9.72. The topological polar surface area (TPSA) is 41.6 Å². The van der Waals surface area contributed by atoms with Gasteiger partial charge in [0.25, 0.3) is 0 Å². The number of piperidine rings is 2. The lowest BCUT2D eigenvalue weighted by Crippen LogP contribution is -2.52. The van der Waals surface area contributed by atoms with Crippen LogP contribution in [0.4, 0.5) is 0 Å². The van der Waals surface area contributed by atoms with Crippen molar-refractivity contribution in [1.82, 2.24) is 10.2 Å². The van der Waals surface area contributed by atoms with Gasteiger partial charge in [-0.15, -0.1) is 0 Å². The average molecular weight is 288 g/mol. The summed E-state index contributed by atoms with van der Waals surface area (Å²) in [5.74, 6) is 1.23. The Kier molecular flexibility index (Phi) is 4.15. The highest BCUT2D eigenvalue weighted by Gasteiger charge is 2.44. The van der Waals surface area contributed by atoms with Gasteiger partial charge in [0.2, 0.25) is 5.91 Å². The summed E-state index contributed by atoms with van der Waals surface area (Å²) < 4.78 is 5.18. The Bertz CT molecular complexity index is 487. The van der Waals surface area contributed by atoms with Gasteiger partial charge in [-0.05, 0) is 56.5 Å². The first-order valence-electron chi connectivity index (χ1n) is 7.87. The van der Waals surface area contributed by atoms with Crippen molar-refractivity contribution in [3.8, 4) is 5.75 Å². The van der Waals surface area contributed by atoms with E-state index in [1.165, 1.54) is 5.56 Å². The molecule has 1 aromatic rings. The van der Waals surface area contributed by atoms with Gasteiger partial charge in [-0.1, -0.05) is 12.1 Å². The number of nitrogens with zero attached hydrogens (tertiary/aromatic N) is 1. The van der Waals surface area contributed by atoms with Crippen molar-refractivity contribution in [2.75, 3.05) is 26.7 Å². The fourth-order valence-corrected chi connectivity index (χ4v) is 3.62. The van der Waals surface area contributed by atoms with Gasteiger partial charge in [0.15, 0.2) is 0 Å². The lowest BCUT2D eigenvalue weighted by molar-refractivity contribution is -0.149. The first-order valence-corrected chi connectivity index (χ1v) is 7.87. The number of carbonyl (C=O) groups excluding carboxylic acids is 1. The van der Waals surface area contributed by atoms with Crippen molar-refractivity contribution in [3.63, 3.8) is 0 Å². The lowest BCUT2D eigenvalue weighted by Gasteiger charge is -2.44. The van der Waals surface area contributed by atoms with Crippen LogP contribution >= 0.6 is 0 Å². The molecule has 0 aliphatic carbocycles. The first-order chi connectivity index (χ1) is 10.2. The van der Waals surface area contributed by atoms with Gasteiger partial charge in [-0.25, -0.2) is 0 Å². The Morgan fingerprint density at radius 1 is 1.19 bits per heavy atom. The second-order valence-electron chi connectivity index (χ2n) is 6.21. The van der Waals surface area contributed by atoms with Crippen molar-refractivity contribution in [2.24, 2.45) is 5.41 Å². The predicted octanol–water partition coefficient (Wildman–Crippen LogP) is 2.19. The summed E-state index contributed by atoms with van der Waals surface area (Å²) in [5.41, 5.74) is 1.09. The normalized spacial score (nSPS) is 21.6. The molecule has 4 heteroatoms. The SMILES string of the molecule is COc1ccc(CN2CCCC3(CCNCC3)C2=O)cc1. The zero-order valence-electron chi connectivity index (χ0n) is 12.7. The van der Waals surface area contributed by atoms with Crippen molar-refractivity contribution in [3.05, 3.63) is 29.8 Å². The fourth-order valence-electron chi connectivity index (χ4n) is 3.62. The molecule has 1 amide bonds.